The fraction of sp³-hybridized carbons (Fsp3) is 0.267. The van der Waals surface area contributed by atoms with Crippen molar-refractivity contribution in [2.75, 3.05) is 13.2 Å². The van der Waals surface area contributed by atoms with Crippen molar-refractivity contribution in [3.63, 3.8) is 0 Å². The largest absolute Gasteiger partial charge is 0.490 e. The van der Waals surface area contributed by atoms with E-state index in [2.05, 4.69) is 45.0 Å². The third-order valence-electron chi connectivity index (χ3n) is 5.34. The van der Waals surface area contributed by atoms with E-state index in [9.17, 15) is 9.59 Å². The third kappa shape index (κ3) is 7.85. The first-order valence-corrected chi connectivity index (χ1v) is 11.7. The van der Waals surface area contributed by atoms with Gasteiger partial charge >= 0.3 is 5.97 Å². The first kappa shape index (κ1) is 25.8. The van der Waals surface area contributed by atoms with Crippen LogP contribution in [0.1, 0.15) is 54.7 Å². The molecular weight excluding hydrogens is 440 g/mol. The molecule has 5 nitrogen and oxygen atoms in total. The number of hydrogen-bond donors (Lipinski definition) is 0. The lowest BCUT2D eigenvalue weighted by Crippen LogP contribution is -2.12. The minimum absolute atomic E-state index is 0.106. The van der Waals surface area contributed by atoms with Gasteiger partial charge in [-0.3, -0.25) is 4.79 Å². The minimum Gasteiger partial charge on any atom is -0.490 e. The summed E-state index contributed by atoms with van der Waals surface area (Å²) in [6.07, 6.45) is 2.91. The molecule has 0 saturated heterocycles. The van der Waals surface area contributed by atoms with Crippen molar-refractivity contribution in [2.45, 2.75) is 39.7 Å². The van der Waals surface area contributed by atoms with Crippen molar-refractivity contribution in [1.29, 1.82) is 0 Å². The first-order chi connectivity index (χ1) is 16.8. The molecule has 0 heterocycles. The Morgan fingerprint density at radius 1 is 0.857 bits per heavy atom. The number of ketones is 1. The molecule has 0 bridgehead atoms. The molecule has 0 radical (unpaired) electrons. The summed E-state index contributed by atoms with van der Waals surface area (Å²) < 4.78 is 16.8. The van der Waals surface area contributed by atoms with Crippen LogP contribution < -0.4 is 9.47 Å². The van der Waals surface area contributed by atoms with E-state index in [1.807, 2.05) is 25.1 Å². The molecule has 0 saturated carbocycles. The van der Waals surface area contributed by atoms with E-state index in [0.717, 1.165) is 11.1 Å². The molecule has 3 rings (SSSR count). The fourth-order valence-corrected chi connectivity index (χ4v) is 3.33. The molecule has 0 aliphatic rings. The van der Waals surface area contributed by atoms with Gasteiger partial charge < -0.3 is 14.2 Å². The Morgan fingerprint density at radius 2 is 1.57 bits per heavy atom. The lowest BCUT2D eigenvalue weighted by atomic mass is 9.87. The summed E-state index contributed by atoms with van der Waals surface area (Å²) in [7, 11) is 0. The van der Waals surface area contributed by atoms with E-state index >= 15 is 0 Å². The topological polar surface area (TPSA) is 61.8 Å². The average molecular weight is 473 g/mol. The standard InChI is InChI=1S/C30H32O5/c1-5-33-28-19-22(14-18-29(32)35-21-26(31)24-9-7-6-8-10-24)13-17-27(28)34-20-23-11-15-25(16-12-23)30(2,3)4/h6-19H,5,20-21H2,1-4H3/b18-14+. The second-order valence-electron chi connectivity index (χ2n) is 9.11. The van der Waals surface area contributed by atoms with Crippen LogP contribution in [0.2, 0.25) is 0 Å². The normalized spacial score (nSPS) is 11.3. The van der Waals surface area contributed by atoms with Crippen LogP contribution in [0.5, 0.6) is 11.5 Å². The van der Waals surface area contributed by atoms with Gasteiger partial charge in [0.15, 0.2) is 23.9 Å². The number of rotatable bonds is 10. The van der Waals surface area contributed by atoms with Gasteiger partial charge in [-0.25, -0.2) is 4.79 Å². The van der Waals surface area contributed by atoms with Gasteiger partial charge in [-0.2, -0.15) is 0 Å². The second kappa shape index (κ2) is 12.0. The monoisotopic (exact) mass is 472 g/mol. The maximum atomic E-state index is 12.1. The van der Waals surface area contributed by atoms with E-state index in [0.29, 0.717) is 30.3 Å². The van der Waals surface area contributed by atoms with Crippen LogP contribution in [0.15, 0.2) is 78.9 Å². The average Bonchev–Trinajstić information content (AvgIpc) is 2.86. The Balaban J connectivity index is 1.59. The predicted octanol–water partition coefficient (Wildman–Crippen LogP) is 6.40. The summed E-state index contributed by atoms with van der Waals surface area (Å²) in [6.45, 7) is 9.06. The summed E-state index contributed by atoms with van der Waals surface area (Å²) in [6, 6.07) is 22.6. The van der Waals surface area contributed by atoms with Gasteiger partial charge in [0, 0.05) is 11.6 Å². The summed E-state index contributed by atoms with van der Waals surface area (Å²) in [5.74, 6) is 0.375. The number of benzene rings is 3. The molecule has 0 fully saturated rings. The van der Waals surface area contributed by atoms with Gasteiger partial charge in [-0.15, -0.1) is 0 Å². The summed E-state index contributed by atoms with van der Waals surface area (Å²) in [5.41, 5.74) is 3.70. The Kier molecular flexibility index (Phi) is 8.85. The molecule has 5 heteroatoms. The highest BCUT2D eigenvalue weighted by Crippen LogP contribution is 2.30. The van der Waals surface area contributed by atoms with Crippen LogP contribution in [-0.4, -0.2) is 25.0 Å². The molecule has 0 spiro atoms. The summed E-state index contributed by atoms with van der Waals surface area (Å²) in [4.78, 5) is 24.1. The van der Waals surface area contributed by atoms with Crippen molar-refractivity contribution >= 4 is 17.8 Å². The highest BCUT2D eigenvalue weighted by Gasteiger charge is 2.13. The van der Waals surface area contributed by atoms with Crippen LogP contribution in [0, 0.1) is 0 Å². The van der Waals surface area contributed by atoms with Crippen LogP contribution in [0.25, 0.3) is 6.08 Å². The van der Waals surface area contributed by atoms with Gasteiger partial charge in [-0.05, 0) is 47.2 Å². The van der Waals surface area contributed by atoms with Crippen molar-refractivity contribution in [1.82, 2.24) is 0 Å². The molecule has 0 atom stereocenters. The van der Waals surface area contributed by atoms with Crippen molar-refractivity contribution in [2.24, 2.45) is 0 Å². The zero-order chi connectivity index (χ0) is 25.3. The van der Waals surface area contributed by atoms with Crippen LogP contribution in [0.3, 0.4) is 0 Å². The number of Topliss-reactive ketones (excluding diaryl/α,β-unsaturated/α-hetero) is 1. The molecule has 35 heavy (non-hydrogen) atoms. The maximum absolute atomic E-state index is 12.1. The van der Waals surface area contributed by atoms with E-state index in [4.69, 9.17) is 14.2 Å². The van der Waals surface area contributed by atoms with Crippen molar-refractivity contribution < 1.29 is 23.8 Å². The van der Waals surface area contributed by atoms with Gasteiger partial charge in [0.1, 0.15) is 6.61 Å². The third-order valence-corrected chi connectivity index (χ3v) is 5.34. The Bertz CT molecular complexity index is 1160. The molecule has 0 amide bonds. The second-order valence-corrected chi connectivity index (χ2v) is 9.11. The lowest BCUT2D eigenvalue weighted by molar-refractivity contribution is -0.136. The molecule has 0 aliphatic carbocycles. The molecule has 0 unspecified atom stereocenters. The Labute approximate surface area is 207 Å². The van der Waals surface area contributed by atoms with Gasteiger partial charge in [0.05, 0.1) is 6.61 Å². The summed E-state index contributed by atoms with van der Waals surface area (Å²) in [5, 5.41) is 0. The molecule has 0 N–H and O–H groups in total. The van der Waals surface area contributed by atoms with E-state index in [-0.39, 0.29) is 17.8 Å². The number of hydrogen-bond acceptors (Lipinski definition) is 5. The van der Waals surface area contributed by atoms with Gasteiger partial charge in [0.2, 0.25) is 0 Å². The van der Waals surface area contributed by atoms with Gasteiger partial charge in [-0.1, -0.05) is 81.4 Å². The summed E-state index contributed by atoms with van der Waals surface area (Å²) >= 11 is 0. The smallest absolute Gasteiger partial charge is 0.331 e. The molecule has 0 aliphatic heterocycles. The van der Waals surface area contributed by atoms with Crippen LogP contribution in [0.4, 0.5) is 0 Å². The van der Waals surface area contributed by atoms with Crippen molar-refractivity contribution in [3.8, 4) is 11.5 Å². The highest BCUT2D eigenvalue weighted by molar-refractivity contribution is 5.98. The minimum atomic E-state index is -0.591. The molecular formula is C30H32O5. The number of esters is 1. The highest BCUT2D eigenvalue weighted by atomic mass is 16.5. The first-order valence-electron chi connectivity index (χ1n) is 11.7. The fourth-order valence-electron chi connectivity index (χ4n) is 3.33. The molecule has 3 aromatic carbocycles. The molecule has 0 aromatic heterocycles. The van der Waals surface area contributed by atoms with Gasteiger partial charge in [0.25, 0.3) is 0 Å². The van der Waals surface area contributed by atoms with E-state index in [1.165, 1.54) is 11.6 Å². The number of ether oxygens (including phenoxy) is 3. The zero-order valence-corrected chi connectivity index (χ0v) is 20.7. The van der Waals surface area contributed by atoms with Crippen molar-refractivity contribution in [3.05, 3.63) is 101 Å². The van der Waals surface area contributed by atoms with E-state index in [1.54, 1.807) is 36.4 Å². The van der Waals surface area contributed by atoms with E-state index < -0.39 is 5.97 Å². The Morgan fingerprint density at radius 3 is 2.23 bits per heavy atom. The molecule has 182 valence electrons. The predicted molar refractivity (Wildman–Crippen MR) is 138 cm³/mol. The number of carbonyl (C=O) groups is 2. The number of carbonyl (C=O) groups excluding carboxylic acids is 2. The maximum Gasteiger partial charge on any atom is 0.331 e. The molecule has 3 aromatic rings. The Hall–Kier alpha value is -3.86. The quantitative estimate of drug-likeness (QED) is 0.194. The van der Waals surface area contributed by atoms with Crippen LogP contribution in [-0.2, 0) is 21.6 Å². The lowest BCUT2D eigenvalue weighted by Gasteiger charge is -2.19. The van der Waals surface area contributed by atoms with Crippen LogP contribution >= 0.6 is 0 Å². The SMILES string of the molecule is CCOc1cc(/C=C/C(=O)OCC(=O)c2ccccc2)ccc1OCc1ccc(C(C)(C)C)cc1. The zero-order valence-electron chi connectivity index (χ0n) is 20.7.